The molecule has 4 N–H and O–H groups in total. The maximum Gasteiger partial charge on any atom is 0.255 e. The van der Waals surface area contributed by atoms with Gasteiger partial charge in [0.05, 0.1) is 11.8 Å². The largest absolute Gasteiger partial charge is 0.365 e. The minimum absolute atomic E-state index is 0.244. The number of carbonyl (C=O) groups is 2. The quantitative estimate of drug-likeness (QED) is 0.654. The van der Waals surface area contributed by atoms with Crippen molar-refractivity contribution in [2.24, 2.45) is 5.73 Å². The van der Waals surface area contributed by atoms with Gasteiger partial charge in [0.2, 0.25) is 0 Å². The molecule has 7 heteroatoms. The van der Waals surface area contributed by atoms with Crippen molar-refractivity contribution < 1.29 is 9.59 Å². The predicted molar refractivity (Wildman–Crippen MR) is 107 cm³/mol. The molecule has 0 saturated carbocycles. The average Bonchev–Trinajstić information content (AvgIpc) is 3.12. The number of para-hydroxylation sites is 1. The molecule has 0 saturated heterocycles. The average molecular weight is 373 g/mol. The summed E-state index contributed by atoms with van der Waals surface area (Å²) in [6.07, 6.45) is 1.42. The van der Waals surface area contributed by atoms with Gasteiger partial charge in [0.1, 0.15) is 17.4 Å². The molecule has 1 aromatic heterocycles. The topological polar surface area (TPSA) is 102 Å². The van der Waals surface area contributed by atoms with Crippen LogP contribution in [0.25, 0.3) is 0 Å². The number of aromatic nitrogens is 2. The van der Waals surface area contributed by atoms with Crippen LogP contribution >= 0.6 is 0 Å². The van der Waals surface area contributed by atoms with Crippen molar-refractivity contribution in [3.63, 3.8) is 0 Å². The summed E-state index contributed by atoms with van der Waals surface area (Å²) in [5.74, 6) is -0.340. The SMILES string of the molecule is CC1=C(C(=O)Nc2ccccc2)[C@H](c2ccccc2)n2ncc(C(N)=O)c2N1. The Morgan fingerprint density at radius 2 is 1.71 bits per heavy atom. The Kier molecular flexibility index (Phi) is 4.41. The van der Waals surface area contributed by atoms with Crippen LogP contribution in [0.3, 0.4) is 0 Å². The van der Waals surface area contributed by atoms with Gasteiger partial charge in [0.15, 0.2) is 0 Å². The zero-order chi connectivity index (χ0) is 19.7. The molecule has 28 heavy (non-hydrogen) atoms. The second kappa shape index (κ2) is 7.03. The molecule has 1 aliphatic rings. The molecule has 0 fully saturated rings. The van der Waals surface area contributed by atoms with E-state index >= 15 is 0 Å². The van der Waals surface area contributed by atoms with E-state index in [1.54, 1.807) is 11.6 Å². The molecule has 0 unspecified atom stereocenters. The Hall–Kier alpha value is -3.87. The third-order valence-electron chi connectivity index (χ3n) is 4.68. The summed E-state index contributed by atoms with van der Waals surface area (Å²) < 4.78 is 1.63. The number of nitrogens with one attached hydrogen (secondary N) is 2. The van der Waals surface area contributed by atoms with Crippen LogP contribution in [0.5, 0.6) is 0 Å². The molecule has 2 aromatic carbocycles. The van der Waals surface area contributed by atoms with Crippen LogP contribution in [0.4, 0.5) is 11.5 Å². The molecule has 0 bridgehead atoms. The number of anilines is 2. The lowest BCUT2D eigenvalue weighted by atomic mass is 9.94. The molecule has 3 aromatic rings. The van der Waals surface area contributed by atoms with E-state index in [-0.39, 0.29) is 11.5 Å². The van der Waals surface area contributed by atoms with Crippen molar-refractivity contribution in [2.45, 2.75) is 13.0 Å². The third-order valence-corrected chi connectivity index (χ3v) is 4.68. The second-order valence-corrected chi connectivity index (χ2v) is 6.51. The van der Waals surface area contributed by atoms with Crippen LogP contribution in [-0.2, 0) is 4.79 Å². The molecular weight excluding hydrogens is 354 g/mol. The van der Waals surface area contributed by atoms with Crippen LogP contribution in [-0.4, -0.2) is 21.6 Å². The maximum atomic E-state index is 13.2. The first-order valence-corrected chi connectivity index (χ1v) is 8.82. The first kappa shape index (κ1) is 17.5. The fraction of sp³-hybridized carbons (Fsp3) is 0.0952. The summed E-state index contributed by atoms with van der Waals surface area (Å²) >= 11 is 0. The standard InChI is InChI=1S/C21H19N5O2/c1-13-17(21(28)25-15-10-6-3-7-11-15)18(14-8-4-2-5-9-14)26-20(24-13)16(12-23-26)19(22)27/h2-12,18,24H,1H3,(H2,22,27)(H,25,28)/t18-/m0/s1. The summed E-state index contributed by atoms with van der Waals surface area (Å²) in [4.78, 5) is 24.9. The minimum Gasteiger partial charge on any atom is -0.365 e. The van der Waals surface area contributed by atoms with E-state index < -0.39 is 11.9 Å². The minimum atomic E-state index is -0.578. The molecule has 140 valence electrons. The van der Waals surface area contributed by atoms with Crippen molar-refractivity contribution >= 4 is 23.3 Å². The number of fused-ring (bicyclic) bond motifs is 1. The van der Waals surface area contributed by atoms with E-state index in [0.717, 1.165) is 5.56 Å². The Morgan fingerprint density at radius 1 is 1.07 bits per heavy atom. The van der Waals surface area contributed by atoms with Crippen molar-refractivity contribution in [2.75, 3.05) is 10.6 Å². The summed E-state index contributed by atoms with van der Waals surface area (Å²) in [6.45, 7) is 1.80. The monoisotopic (exact) mass is 373 g/mol. The number of nitrogens with zero attached hydrogens (tertiary/aromatic N) is 2. The Bertz CT molecular complexity index is 1070. The fourth-order valence-electron chi connectivity index (χ4n) is 3.39. The first-order chi connectivity index (χ1) is 13.6. The summed E-state index contributed by atoms with van der Waals surface area (Å²) in [5, 5.41) is 10.4. The van der Waals surface area contributed by atoms with Gasteiger partial charge in [0.25, 0.3) is 11.8 Å². The van der Waals surface area contributed by atoms with Gasteiger partial charge in [-0.2, -0.15) is 5.10 Å². The highest BCUT2D eigenvalue weighted by Gasteiger charge is 2.34. The Labute approximate surface area is 161 Å². The normalized spacial score (nSPS) is 15.5. The zero-order valence-electron chi connectivity index (χ0n) is 15.2. The number of hydrogen-bond donors (Lipinski definition) is 3. The summed E-state index contributed by atoms with van der Waals surface area (Å²) in [5.41, 5.74) is 8.49. The van der Waals surface area contributed by atoms with Crippen LogP contribution in [0, 0.1) is 0 Å². The molecule has 0 spiro atoms. The number of allylic oxidation sites excluding steroid dienone is 1. The number of carbonyl (C=O) groups excluding carboxylic acids is 2. The van der Waals surface area contributed by atoms with Crippen molar-refractivity contribution in [3.05, 3.63) is 89.3 Å². The van der Waals surface area contributed by atoms with E-state index in [0.29, 0.717) is 22.8 Å². The summed E-state index contributed by atoms with van der Waals surface area (Å²) in [6, 6.07) is 18.3. The second-order valence-electron chi connectivity index (χ2n) is 6.51. The fourth-order valence-corrected chi connectivity index (χ4v) is 3.39. The van der Waals surface area contributed by atoms with Crippen molar-refractivity contribution in [3.8, 4) is 0 Å². The maximum absolute atomic E-state index is 13.2. The lowest BCUT2D eigenvalue weighted by Crippen LogP contribution is -2.32. The van der Waals surface area contributed by atoms with Crippen LogP contribution < -0.4 is 16.4 Å². The van der Waals surface area contributed by atoms with E-state index in [1.165, 1.54) is 6.20 Å². The lowest BCUT2D eigenvalue weighted by Gasteiger charge is -2.30. The molecule has 7 nitrogen and oxygen atoms in total. The van der Waals surface area contributed by atoms with Crippen LogP contribution in [0.15, 0.2) is 78.1 Å². The predicted octanol–water partition coefficient (Wildman–Crippen LogP) is 2.91. The van der Waals surface area contributed by atoms with Gasteiger partial charge in [-0.25, -0.2) is 4.68 Å². The van der Waals surface area contributed by atoms with Crippen LogP contribution in [0.2, 0.25) is 0 Å². The molecule has 0 aliphatic carbocycles. The molecular formula is C21H19N5O2. The highest BCUT2D eigenvalue weighted by Crippen LogP contribution is 2.37. The molecule has 0 radical (unpaired) electrons. The van der Waals surface area contributed by atoms with Crippen molar-refractivity contribution in [1.82, 2.24) is 9.78 Å². The number of hydrogen-bond acceptors (Lipinski definition) is 4. The molecule has 2 amide bonds. The molecule has 4 rings (SSSR count). The van der Waals surface area contributed by atoms with Gasteiger partial charge in [-0.05, 0) is 24.6 Å². The van der Waals surface area contributed by atoms with Gasteiger partial charge in [0, 0.05) is 11.4 Å². The number of nitrogens with two attached hydrogens (primary N) is 1. The molecule has 1 atom stereocenters. The van der Waals surface area contributed by atoms with E-state index in [2.05, 4.69) is 15.7 Å². The van der Waals surface area contributed by atoms with Gasteiger partial charge in [-0.15, -0.1) is 0 Å². The number of rotatable bonds is 4. The molecule has 2 heterocycles. The first-order valence-electron chi connectivity index (χ1n) is 8.82. The number of amides is 2. The van der Waals surface area contributed by atoms with Gasteiger partial charge >= 0.3 is 0 Å². The van der Waals surface area contributed by atoms with E-state index in [4.69, 9.17) is 5.73 Å². The highest BCUT2D eigenvalue weighted by atomic mass is 16.2. The molecule has 1 aliphatic heterocycles. The van der Waals surface area contributed by atoms with Crippen LogP contribution in [0.1, 0.15) is 28.9 Å². The van der Waals surface area contributed by atoms with Gasteiger partial charge in [-0.1, -0.05) is 48.5 Å². The Morgan fingerprint density at radius 3 is 2.36 bits per heavy atom. The summed E-state index contributed by atoms with van der Waals surface area (Å²) in [7, 11) is 0. The lowest BCUT2D eigenvalue weighted by molar-refractivity contribution is -0.113. The Balaban J connectivity index is 1.81. The number of primary amides is 1. The smallest absolute Gasteiger partial charge is 0.255 e. The third kappa shape index (κ3) is 3.03. The van der Waals surface area contributed by atoms with Crippen molar-refractivity contribution in [1.29, 1.82) is 0 Å². The number of benzene rings is 2. The highest BCUT2D eigenvalue weighted by molar-refractivity contribution is 6.06. The van der Waals surface area contributed by atoms with E-state index in [1.807, 2.05) is 60.7 Å². The van der Waals surface area contributed by atoms with Gasteiger partial charge in [-0.3, -0.25) is 9.59 Å². The van der Waals surface area contributed by atoms with Gasteiger partial charge < -0.3 is 16.4 Å². The zero-order valence-corrected chi connectivity index (χ0v) is 15.2. The van der Waals surface area contributed by atoms with E-state index in [9.17, 15) is 9.59 Å².